The fourth-order valence-corrected chi connectivity index (χ4v) is 2.79. The summed E-state index contributed by atoms with van der Waals surface area (Å²) in [6, 6.07) is 13.2. The quantitative estimate of drug-likeness (QED) is 0.850. The molecule has 0 saturated heterocycles. The number of rotatable bonds is 6. The van der Waals surface area contributed by atoms with E-state index in [0.29, 0.717) is 12.6 Å². The molecule has 2 rings (SSSR count). The summed E-state index contributed by atoms with van der Waals surface area (Å²) < 4.78 is 18.6. The van der Waals surface area contributed by atoms with Crippen LogP contribution in [-0.4, -0.2) is 13.2 Å². The molecule has 2 nitrogen and oxygen atoms in total. The van der Waals surface area contributed by atoms with Crippen molar-refractivity contribution in [1.29, 1.82) is 0 Å². The Morgan fingerprint density at radius 2 is 1.86 bits per heavy atom. The minimum atomic E-state index is -0.199. The molecular formula is C17H20FNOS. The zero-order valence-corrected chi connectivity index (χ0v) is 13.3. The van der Waals surface area contributed by atoms with Gasteiger partial charge in [0.05, 0.1) is 7.11 Å². The number of hydrogen-bond donors (Lipinski definition) is 1. The van der Waals surface area contributed by atoms with Crippen molar-refractivity contribution in [3.63, 3.8) is 0 Å². The van der Waals surface area contributed by atoms with Crippen molar-refractivity contribution in [2.45, 2.75) is 36.2 Å². The average molecular weight is 305 g/mol. The molecule has 0 aliphatic heterocycles. The predicted molar refractivity (Wildman–Crippen MR) is 85.5 cm³/mol. The van der Waals surface area contributed by atoms with Crippen LogP contribution >= 0.6 is 11.8 Å². The molecule has 0 amide bonds. The second-order valence-corrected chi connectivity index (χ2v) is 6.18. The highest BCUT2D eigenvalue weighted by molar-refractivity contribution is 7.99. The molecule has 4 heteroatoms. The summed E-state index contributed by atoms with van der Waals surface area (Å²) in [6.45, 7) is 4.82. The highest BCUT2D eigenvalue weighted by atomic mass is 32.2. The minimum Gasteiger partial charge on any atom is -0.497 e. The summed E-state index contributed by atoms with van der Waals surface area (Å²) in [6.07, 6.45) is 0. The first kappa shape index (κ1) is 15.9. The van der Waals surface area contributed by atoms with E-state index in [4.69, 9.17) is 4.74 Å². The summed E-state index contributed by atoms with van der Waals surface area (Å²) in [5.41, 5.74) is 0.976. The maximum absolute atomic E-state index is 13.5. The van der Waals surface area contributed by atoms with Crippen molar-refractivity contribution in [2.24, 2.45) is 0 Å². The molecule has 2 aromatic carbocycles. The van der Waals surface area contributed by atoms with Crippen LogP contribution in [0.5, 0.6) is 5.75 Å². The molecule has 0 spiro atoms. The molecule has 21 heavy (non-hydrogen) atoms. The van der Waals surface area contributed by atoms with Crippen molar-refractivity contribution >= 4 is 11.8 Å². The lowest BCUT2D eigenvalue weighted by atomic mass is 10.2. The molecule has 0 fully saturated rings. The first-order valence-corrected chi connectivity index (χ1v) is 7.74. The first-order valence-electron chi connectivity index (χ1n) is 6.92. The molecule has 112 valence electrons. The third kappa shape index (κ3) is 4.76. The van der Waals surface area contributed by atoms with Gasteiger partial charge in [0, 0.05) is 22.4 Å². The van der Waals surface area contributed by atoms with E-state index in [1.54, 1.807) is 24.9 Å². The average Bonchev–Trinajstić information content (AvgIpc) is 2.48. The van der Waals surface area contributed by atoms with E-state index in [1.807, 2.05) is 30.3 Å². The SMILES string of the molecule is COc1ccc(Sc2ccc(F)cc2CNC(C)C)cc1. The van der Waals surface area contributed by atoms with Crippen LogP contribution in [0.1, 0.15) is 19.4 Å². The Morgan fingerprint density at radius 1 is 1.14 bits per heavy atom. The standard InChI is InChI=1S/C17H20FNOS/c1-12(2)19-11-13-10-14(18)4-9-17(13)21-16-7-5-15(20-3)6-8-16/h4-10,12,19H,11H2,1-3H3. The number of ether oxygens (including phenoxy) is 1. The largest absolute Gasteiger partial charge is 0.497 e. The van der Waals surface area contributed by atoms with Gasteiger partial charge in [-0.05, 0) is 48.0 Å². The normalized spacial score (nSPS) is 10.9. The van der Waals surface area contributed by atoms with Gasteiger partial charge in [-0.2, -0.15) is 0 Å². The van der Waals surface area contributed by atoms with Crippen LogP contribution in [0.2, 0.25) is 0 Å². The summed E-state index contributed by atoms with van der Waals surface area (Å²) in [7, 11) is 1.65. The molecule has 0 aliphatic carbocycles. The third-order valence-electron chi connectivity index (χ3n) is 3.01. The topological polar surface area (TPSA) is 21.3 Å². The smallest absolute Gasteiger partial charge is 0.123 e. The van der Waals surface area contributed by atoms with Crippen LogP contribution in [0.4, 0.5) is 4.39 Å². The summed E-state index contributed by atoms with van der Waals surface area (Å²) in [4.78, 5) is 2.17. The molecule has 0 aliphatic rings. The Labute approximate surface area is 129 Å². The van der Waals surface area contributed by atoms with Gasteiger partial charge in [0.1, 0.15) is 11.6 Å². The number of halogens is 1. The van der Waals surface area contributed by atoms with Gasteiger partial charge in [0.25, 0.3) is 0 Å². The van der Waals surface area contributed by atoms with Gasteiger partial charge in [0.2, 0.25) is 0 Å². The molecule has 0 aromatic heterocycles. The Morgan fingerprint density at radius 3 is 2.48 bits per heavy atom. The Bertz CT molecular complexity index is 584. The van der Waals surface area contributed by atoms with Gasteiger partial charge >= 0.3 is 0 Å². The van der Waals surface area contributed by atoms with E-state index in [2.05, 4.69) is 19.2 Å². The van der Waals surface area contributed by atoms with Gasteiger partial charge in [-0.15, -0.1) is 0 Å². The number of benzene rings is 2. The monoisotopic (exact) mass is 305 g/mol. The highest BCUT2D eigenvalue weighted by Crippen LogP contribution is 2.32. The molecule has 0 atom stereocenters. The fraction of sp³-hybridized carbons (Fsp3) is 0.294. The number of hydrogen-bond acceptors (Lipinski definition) is 3. The highest BCUT2D eigenvalue weighted by Gasteiger charge is 2.07. The van der Waals surface area contributed by atoms with E-state index in [9.17, 15) is 4.39 Å². The van der Waals surface area contributed by atoms with E-state index in [0.717, 1.165) is 21.1 Å². The minimum absolute atomic E-state index is 0.199. The number of methoxy groups -OCH3 is 1. The van der Waals surface area contributed by atoms with Crippen molar-refractivity contribution in [3.05, 3.63) is 53.8 Å². The van der Waals surface area contributed by atoms with E-state index in [-0.39, 0.29) is 5.82 Å². The molecule has 1 N–H and O–H groups in total. The fourth-order valence-electron chi connectivity index (χ4n) is 1.87. The van der Waals surface area contributed by atoms with E-state index >= 15 is 0 Å². The van der Waals surface area contributed by atoms with Gasteiger partial charge < -0.3 is 10.1 Å². The molecule has 2 aromatic rings. The van der Waals surface area contributed by atoms with Gasteiger partial charge in [-0.1, -0.05) is 25.6 Å². The van der Waals surface area contributed by atoms with Crippen molar-refractivity contribution in [2.75, 3.05) is 7.11 Å². The van der Waals surface area contributed by atoms with Crippen LogP contribution in [-0.2, 0) is 6.54 Å². The zero-order chi connectivity index (χ0) is 15.2. The van der Waals surface area contributed by atoms with Crippen molar-refractivity contribution in [1.82, 2.24) is 5.32 Å². The van der Waals surface area contributed by atoms with E-state index in [1.165, 1.54) is 6.07 Å². The molecule has 0 unspecified atom stereocenters. The summed E-state index contributed by atoms with van der Waals surface area (Å²) in [5.74, 6) is 0.634. The van der Waals surface area contributed by atoms with Gasteiger partial charge in [0.15, 0.2) is 0 Å². The molecule has 0 saturated carbocycles. The lowest BCUT2D eigenvalue weighted by molar-refractivity contribution is 0.414. The Balaban J connectivity index is 2.17. The van der Waals surface area contributed by atoms with E-state index < -0.39 is 0 Å². The van der Waals surface area contributed by atoms with Crippen LogP contribution in [0, 0.1) is 5.82 Å². The second-order valence-electron chi connectivity index (χ2n) is 5.07. The summed E-state index contributed by atoms with van der Waals surface area (Å²) >= 11 is 1.63. The van der Waals surface area contributed by atoms with Gasteiger partial charge in [-0.25, -0.2) is 4.39 Å². The lowest BCUT2D eigenvalue weighted by Gasteiger charge is -2.13. The molecular weight excluding hydrogens is 285 g/mol. The second kappa shape index (κ2) is 7.48. The first-order chi connectivity index (χ1) is 10.1. The Kier molecular flexibility index (Phi) is 5.65. The van der Waals surface area contributed by atoms with Crippen LogP contribution in [0.3, 0.4) is 0 Å². The lowest BCUT2D eigenvalue weighted by Crippen LogP contribution is -2.22. The summed E-state index contributed by atoms with van der Waals surface area (Å²) in [5, 5.41) is 3.33. The van der Waals surface area contributed by atoms with Crippen molar-refractivity contribution < 1.29 is 9.13 Å². The number of nitrogens with one attached hydrogen (secondary N) is 1. The van der Waals surface area contributed by atoms with Crippen molar-refractivity contribution in [3.8, 4) is 5.75 Å². The Hall–Kier alpha value is -1.52. The van der Waals surface area contributed by atoms with Gasteiger partial charge in [-0.3, -0.25) is 0 Å². The molecule has 0 radical (unpaired) electrons. The molecule has 0 heterocycles. The van der Waals surface area contributed by atoms with Crippen LogP contribution in [0.15, 0.2) is 52.3 Å². The van der Waals surface area contributed by atoms with Crippen LogP contribution in [0.25, 0.3) is 0 Å². The maximum atomic E-state index is 13.5. The predicted octanol–water partition coefficient (Wildman–Crippen LogP) is 4.48. The molecule has 0 bridgehead atoms. The third-order valence-corrected chi connectivity index (χ3v) is 4.14. The maximum Gasteiger partial charge on any atom is 0.123 e. The zero-order valence-electron chi connectivity index (χ0n) is 12.5. The van der Waals surface area contributed by atoms with Crippen LogP contribution < -0.4 is 10.1 Å².